The van der Waals surface area contributed by atoms with E-state index in [-0.39, 0.29) is 11.7 Å². The number of nitrogens with zero attached hydrogens (tertiary/aromatic N) is 1. The lowest BCUT2D eigenvalue weighted by molar-refractivity contribution is -0.159. The molecule has 1 fully saturated rings. The molecule has 0 radical (unpaired) electrons. The van der Waals surface area contributed by atoms with Gasteiger partial charge in [0.25, 0.3) is 5.91 Å². The minimum Gasteiger partial charge on any atom is -0.445 e. The molecule has 5 nitrogen and oxygen atoms in total. The van der Waals surface area contributed by atoms with Crippen LogP contribution in [0.4, 0.5) is 0 Å². The molecule has 1 saturated heterocycles. The Labute approximate surface area is 140 Å². The number of likely N-dealkylation sites (N-methyl/N-ethyl adjacent to an activating group) is 1. The number of ether oxygens (including phenoxy) is 2. The number of benzene rings is 2. The third-order valence-electron chi connectivity index (χ3n) is 3.76. The number of amides is 1. The molecular formula is C19H19NO4. The van der Waals surface area contributed by atoms with Crippen molar-refractivity contribution in [2.24, 2.45) is 0 Å². The molecule has 1 aliphatic rings. The van der Waals surface area contributed by atoms with Crippen LogP contribution in [0.2, 0.25) is 0 Å². The zero-order valence-electron chi connectivity index (χ0n) is 13.9. The van der Waals surface area contributed by atoms with Gasteiger partial charge in [-0.15, -0.1) is 0 Å². The molecule has 0 N–H and O–H groups in total. The van der Waals surface area contributed by atoms with Gasteiger partial charge < -0.3 is 14.4 Å². The van der Waals surface area contributed by atoms with E-state index in [1.807, 2.05) is 36.4 Å². The number of fused-ring (bicyclic) bond motifs is 1. The first-order chi connectivity index (χ1) is 11.3. The van der Waals surface area contributed by atoms with Crippen LogP contribution in [0.3, 0.4) is 0 Å². The van der Waals surface area contributed by atoms with Crippen LogP contribution in [0.5, 0.6) is 0 Å². The molecule has 0 aliphatic carbocycles. The van der Waals surface area contributed by atoms with E-state index >= 15 is 0 Å². The lowest BCUT2D eigenvalue weighted by Gasteiger charge is -2.16. The molecule has 0 aromatic heterocycles. The van der Waals surface area contributed by atoms with Gasteiger partial charge in [-0.1, -0.05) is 36.4 Å². The highest BCUT2D eigenvalue weighted by Crippen LogP contribution is 2.26. The van der Waals surface area contributed by atoms with Gasteiger partial charge in [-0.2, -0.15) is 0 Å². The molecule has 1 heterocycles. The highest BCUT2D eigenvalue weighted by molar-refractivity contribution is 5.98. The molecular weight excluding hydrogens is 306 g/mol. The predicted octanol–water partition coefficient (Wildman–Crippen LogP) is 2.99. The molecule has 2 aromatic rings. The fourth-order valence-corrected chi connectivity index (χ4v) is 2.60. The van der Waals surface area contributed by atoms with Gasteiger partial charge in [-0.3, -0.25) is 4.79 Å². The largest absolute Gasteiger partial charge is 0.445 e. The summed E-state index contributed by atoms with van der Waals surface area (Å²) in [7, 11) is 1.68. The summed E-state index contributed by atoms with van der Waals surface area (Å²) >= 11 is 0. The van der Waals surface area contributed by atoms with Crippen LogP contribution in [-0.4, -0.2) is 29.6 Å². The molecule has 1 aliphatic heterocycles. The van der Waals surface area contributed by atoms with Crippen LogP contribution in [0.15, 0.2) is 54.3 Å². The first-order valence-electron chi connectivity index (χ1n) is 7.71. The third kappa shape index (κ3) is 3.40. The smallest absolute Gasteiger partial charge is 0.377 e. The van der Waals surface area contributed by atoms with Crippen LogP contribution < -0.4 is 0 Å². The number of rotatable bonds is 3. The SMILES string of the molecule is CN(Cc1ccc2ccccc2c1)C(=O)/C=C1\OC(C)(C)OC1=O. The van der Waals surface area contributed by atoms with E-state index in [9.17, 15) is 9.59 Å². The van der Waals surface area contributed by atoms with E-state index in [4.69, 9.17) is 9.47 Å². The first kappa shape index (κ1) is 16.1. The summed E-state index contributed by atoms with van der Waals surface area (Å²) in [6.45, 7) is 3.68. The van der Waals surface area contributed by atoms with Crippen molar-refractivity contribution >= 4 is 22.6 Å². The Bertz CT molecular complexity index is 838. The summed E-state index contributed by atoms with van der Waals surface area (Å²) in [5, 5.41) is 2.28. The minimum absolute atomic E-state index is 0.0599. The Kier molecular flexibility index (Phi) is 4.01. The zero-order chi connectivity index (χ0) is 17.3. The second kappa shape index (κ2) is 6.00. The molecule has 0 spiro atoms. The van der Waals surface area contributed by atoms with Gasteiger partial charge in [-0.05, 0) is 22.4 Å². The average molecular weight is 325 g/mol. The number of esters is 1. The van der Waals surface area contributed by atoms with Crippen molar-refractivity contribution in [1.82, 2.24) is 4.90 Å². The van der Waals surface area contributed by atoms with Gasteiger partial charge in [-0.25, -0.2) is 4.79 Å². The number of cyclic esters (lactones) is 1. The maximum Gasteiger partial charge on any atom is 0.377 e. The maximum absolute atomic E-state index is 12.3. The van der Waals surface area contributed by atoms with Gasteiger partial charge in [0.05, 0.1) is 6.08 Å². The molecule has 3 rings (SSSR count). The lowest BCUT2D eigenvalue weighted by atomic mass is 10.1. The molecule has 124 valence electrons. The Morgan fingerprint density at radius 1 is 1.12 bits per heavy atom. The molecule has 0 unspecified atom stereocenters. The quantitative estimate of drug-likeness (QED) is 0.643. The van der Waals surface area contributed by atoms with Crippen molar-refractivity contribution in [3.8, 4) is 0 Å². The van der Waals surface area contributed by atoms with E-state index < -0.39 is 11.8 Å². The topological polar surface area (TPSA) is 55.8 Å². The summed E-state index contributed by atoms with van der Waals surface area (Å²) in [6.07, 6.45) is 1.18. The maximum atomic E-state index is 12.3. The summed E-state index contributed by atoms with van der Waals surface area (Å²) < 4.78 is 10.3. The van der Waals surface area contributed by atoms with Crippen LogP contribution in [0.25, 0.3) is 10.8 Å². The minimum atomic E-state index is -1.03. The lowest BCUT2D eigenvalue weighted by Crippen LogP contribution is -2.25. The second-order valence-electron chi connectivity index (χ2n) is 6.28. The number of hydrogen-bond donors (Lipinski definition) is 0. The summed E-state index contributed by atoms with van der Waals surface area (Å²) in [5.41, 5.74) is 1.01. The molecule has 5 heteroatoms. The second-order valence-corrected chi connectivity index (χ2v) is 6.28. The molecule has 0 atom stereocenters. The van der Waals surface area contributed by atoms with Crippen molar-refractivity contribution in [1.29, 1.82) is 0 Å². The summed E-state index contributed by atoms with van der Waals surface area (Å²) in [5.74, 6) is -2.02. The van der Waals surface area contributed by atoms with Crippen molar-refractivity contribution in [2.45, 2.75) is 26.2 Å². The van der Waals surface area contributed by atoms with Gasteiger partial charge in [0.1, 0.15) is 0 Å². The van der Waals surface area contributed by atoms with Crippen molar-refractivity contribution < 1.29 is 19.1 Å². The molecule has 0 bridgehead atoms. The Balaban J connectivity index is 1.73. The van der Waals surface area contributed by atoms with Crippen LogP contribution >= 0.6 is 0 Å². The average Bonchev–Trinajstić information content (AvgIpc) is 2.79. The molecule has 0 saturated carbocycles. The fourth-order valence-electron chi connectivity index (χ4n) is 2.60. The normalized spacial score (nSPS) is 17.6. The molecule has 24 heavy (non-hydrogen) atoms. The standard InChI is InChI=1S/C19H19NO4/c1-19(2)23-16(18(22)24-19)11-17(21)20(3)12-13-8-9-14-6-4-5-7-15(14)10-13/h4-11H,12H2,1-3H3/b16-11-. The van der Waals surface area contributed by atoms with Crippen molar-refractivity contribution in [2.75, 3.05) is 7.05 Å². The van der Waals surface area contributed by atoms with E-state index in [0.29, 0.717) is 6.54 Å². The third-order valence-corrected chi connectivity index (χ3v) is 3.76. The predicted molar refractivity (Wildman–Crippen MR) is 89.8 cm³/mol. The number of carbonyl (C=O) groups excluding carboxylic acids is 2. The van der Waals surface area contributed by atoms with Gasteiger partial charge in [0.2, 0.25) is 11.5 Å². The summed E-state index contributed by atoms with van der Waals surface area (Å²) in [6, 6.07) is 14.1. The highest BCUT2D eigenvalue weighted by Gasteiger charge is 2.37. The molecule has 2 aromatic carbocycles. The van der Waals surface area contributed by atoms with E-state index in [2.05, 4.69) is 6.07 Å². The van der Waals surface area contributed by atoms with Gasteiger partial charge >= 0.3 is 5.97 Å². The fraction of sp³-hybridized carbons (Fsp3) is 0.263. The number of carbonyl (C=O) groups is 2. The van der Waals surface area contributed by atoms with Crippen molar-refractivity contribution in [3.63, 3.8) is 0 Å². The van der Waals surface area contributed by atoms with Gasteiger partial charge in [0.15, 0.2) is 0 Å². The zero-order valence-corrected chi connectivity index (χ0v) is 13.9. The summed E-state index contributed by atoms with van der Waals surface area (Å²) in [4.78, 5) is 25.5. The Morgan fingerprint density at radius 2 is 1.83 bits per heavy atom. The Hall–Kier alpha value is -2.82. The number of hydrogen-bond acceptors (Lipinski definition) is 4. The van der Waals surface area contributed by atoms with Gasteiger partial charge in [0, 0.05) is 27.4 Å². The highest BCUT2D eigenvalue weighted by atomic mass is 16.8. The van der Waals surface area contributed by atoms with Crippen molar-refractivity contribution in [3.05, 3.63) is 59.9 Å². The molecule has 1 amide bonds. The van der Waals surface area contributed by atoms with Crippen LogP contribution in [-0.2, 0) is 25.6 Å². The Morgan fingerprint density at radius 3 is 2.50 bits per heavy atom. The van der Waals surface area contributed by atoms with Crippen LogP contribution in [0.1, 0.15) is 19.4 Å². The van der Waals surface area contributed by atoms with E-state index in [0.717, 1.165) is 16.3 Å². The first-order valence-corrected chi connectivity index (χ1v) is 7.71. The monoisotopic (exact) mass is 325 g/mol. The van der Waals surface area contributed by atoms with Crippen LogP contribution in [0, 0.1) is 0 Å². The van der Waals surface area contributed by atoms with E-state index in [1.54, 1.807) is 20.9 Å². The van der Waals surface area contributed by atoms with E-state index in [1.165, 1.54) is 11.0 Å².